The van der Waals surface area contributed by atoms with Crippen LogP contribution in [0.25, 0.3) is 0 Å². The third-order valence-corrected chi connectivity index (χ3v) is 6.41. The van der Waals surface area contributed by atoms with Crippen molar-refractivity contribution in [1.82, 2.24) is 9.29 Å². The van der Waals surface area contributed by atoms with Crippen LogP contribution in [0.1, 0.15) is 6.42 Å². The van der Waals surface area contributed by atoms with E-state index in [4.69, 9.17) is 11.6 Å². The molecule has 8 heteroatoms. The van der Waals surface area contributed by atoms with Crippen LogP contribution in [-0.4, -0.2) is 36.8 Å². The third kappa shape index (κ3) is 3.68. The van der Waals surface area contributed by atoms with Crippen molar-refractivity contribution in [2.24, 2.45) is 0 Å². The van der Waals surface area contributed by atoms with Crippen LogP contribution in [0, 0.1) is 0 Å². The highest BCUT2D eigenvalue weighted by Crippen LogP contribution is 2.28. The Hall–Kier alpha value is -1.15. The van der Waals surface area contributed by atoms with E-state index in [1.807, 2.05) is 30.3 Å². The summed E-state index contributed by atoms with van der Waals surface area (Å²) in [4.78, 5) is 3.94. The number of para-hydroxylation sites is 1. The standard InChI is InChI=1S/C15H15BrClN3O2S/c16-11-8-14(15(17)18-9-11)23(21,22)20-7-6-13(10-20)19-12-4-2-1-3-5-12/h1-5,8-9,13,19H,6-7,10H2. The minimum Gasteiger partial charge on any atom is -0.381 e. The fraction of sp³-hybridized carbons (Fsp3) is 0.267. The van der Waals surface area contributed by atoms with Gasteiger partial charge in [-0.15, -0.1) is 0 Å². The van der Waals surface area contributed by atoms with Crippen molar-refractivity contribution in [3.63, 3.8) is 0 Å². The number of nitrogens with zero attached hydrogens (tertiary/aromatic N) is 2. The zero-order valence-electron chi connectivity index (χ0n) is 12.1. The summed E-state index contributed by atoms with van der Waals surface area (Å²) in [5.41, 5.74) is 0.985. The zero-order valence-corrected chi connectivity index (χ0v) is 15.3. The van der Waals surface area contributed by atoms with E-state index in [0.717, 1.165) is 12.1 Å². The molecule has 0 saturated carbocycles. The molecule has 0 aliphatic carbocycles. The van der Waals surface area contributed by atoms with Gasteiger partial charge < -0.3 is 5.32 Å². The maximum Gasteiger partial charge on any atom is 0.246 e. The number of nitrogens with one attached hydrogen (secondary N) is 1. The first-order valence-electron chi connectivity index (χ1n) is 7.09. The Morgan fingerprint density at radius 3 is 2.78 bits per heavy atom. The van der Waals surface area contributed by atoms with Gasteiger partial charge in [0.05, 0.1) is 0 Å². The zero-order chi connectivity index (χ0) is 16.4. The molecule has 0 amide bonds. The quantitative estimate of drug-likeness (QED) is 0.776. The molecule has 1 unspecified atom stereocenters. The highest BCUT2D eigenvalue weighted by Gasteiger charge is 2.34. The van der Waals surface area contributed by atoms with Gasteiger partial charge in [-0.25, -0.2) is 13.4 Å². The van der Waals surface area contributed by atoms with Crippen LogP contribution >= 0.6 is 27.5 Å². The number of hydrogen-bond acceptors (Lipinski definition) is 4. The molecule has 3 rings (SSSR count). The molecule has 1 aliphatic heterocycles. The van der Waals surface area contributed by atoms with Gasteiger partial charge in [-0.1, -0.05) is 29.8 Å². The second kappa shape index (κ2) is 6.76. The van der Waals surface area contributed by atoms with Crippen LogP contribution in [0.3, 0.4) is 0 Å². The van der Waals surface area contributed by atoms with Gasteiger partial charge in [-0.05, 0) is 40.5 Å². The van der Waals surface area contributed by atoms with E-state index in [9.17, 15) is 8.42 Å². The van der Waals surface area contributed by atoms with Crippen molar-refractivity contribution in [3.05, 3.63) is 52.2 Å². The Morgan fingerprint density at radius 2 is 2.04 bits per heavy atom. The van der Waals surface area contributed by atoms with Gasteiger partial charge in [-0.3, -0.25) is 0 Å². The van der Waals surface area contributed by atoms with E-state index in [0.29, 0.717) is 17.6 Å². The molecule has 23 heavy (non-hydrogen) atoms. The Kier molecular flexibility index (Phi) is 4.91. The number of pyridine rings is 1. The minimum atomic E-state index is -3.65. The average molecular weight is 417 g/mol. The lowest BCUT2D eigenvalue weighted by molar-refractivity contribution is 0.474. The van der Waals surface area contributed by atoms with E-state index >= 15 is 0 Å². The monoisotopic (exact) mass is 415 g/mol. The highest BCUT2D eigenvalue weighted by atomic mass is 79.9. The Morgan fingerprint density at radius 1 is 1.30 bits per heavy atom. The van der Waals surface area contributed by atoms with E-state index in [1.165, 1.54) is 16.6 Å². The first kappa shape index (κ1) is 16.7. The normalized spacial score (nSPS) is 19.0. The predicted molar refractivity (Wildman–Crippen MR) is 94.2 cm³/mol. The van der Waals surface area contributed by atoms with Crippen molar-refractivity contribution < 1.29 is 8.42 Å². The van der Waals surface area contributed by atoms with Crippen molar-refractivity contribution in [2.75, 3.05) is 18.4 Å². The fourth-order valence-corrected chi connectivity index (χ4v) is 4.98. The lowest BCUT2D eigenvalue weighted by Crippen LogP contribution is -2.32. The summed E-state index contributed by atoms with van der Waals surface area (Å²) in [7, 11) is -3.65. The summed E-state index contributed by atoms with van der Waals surface area (Å²) in [5, 5.41) is 3.35. The van der Waals surface area contributed by atoms with Crippen molar-refractivity contribution in [1.29, 1.82) is 0 Å². The van der Waals surface area contributed by atoms with Gasteiger partial charge in [-0.2, -0.15) is 4.31 Å². The number of anilines is 1. The number of rotatable bonds is 4. The Bertz CT molecular complexity index is 802. The Labute approximate surface area is 148 Å². The summed E-state index contributed by atoms with van der Waals surface area (Å²) in [6.07, 6.45) is 2.22. The second-order valence-corrected chi connectivity index (χ2v) is 8.48. The van der Waals surface area contributed by atoms with Crippen molar-refractivity contribution >= 4 is 43.2 Å². The summed E-state index contributed by atoms with van der Waals surface area (Å²) in [6.45, 7) is 0.857. The molecule has 2 aromatic rings. The van der Waals surface area contributed by atoms with Crippen LogP contribution < -0.4 is 5.32 Å². The van der Waals surface area contributed by atoms with Gasteiger partial charge in [0.25, 0.3) is 0 Å². The molecule has 1 aromatic heterocycles. The summed E-state index contributed by atoms with van der Waals surface area (Å²) in [5.74, 6) is 0. The molecule has 1 aromatic carbocycles. The molecule has 0 spiro atoms. The SMILES string of the molecule is O=S(=O)(c1cc(Br)cnc1Cl)N1CCC(Nc2ccccc2)C1. The number of sulfonamides is 1. The topological polar surface area (TPSA) is 62.3 Å². The maximum absolute atomic E-state index is 12.8. The first-order valence-corrected chi connectivity index (χ1v) is 9.71. The van der Waals surface area contributed by atoms with Gasteiger partial charge in [0.2, 0.25) is 10.0 Å². The van der Waals surface area contributed by atoms with Crippen LogP contribution in [0.2, 0.25) is 5.15 Å². The number of aromatic nitrogens is 1. The molecule has 2 heterocycles. The highest BCUT2D eigenvalue weighted by molar-refractivity contribution is 9.10. The van der Waals surface area contributed by atoms with Crippen LogP contribution in [0.15, 0.2) is 52.0 Å². The maximum atomic E-state index is 12.8. The van der Waals surface area contributed by atoms with E-state index < -0.39 is 10.0 Å². The van der Waals surface area contributed by atoms with Crippen molar-refractivity contribution in [2.45, 2.75) is 17.4 Å². The molecular formula is C15H15BrClN3O2S. The van der Waals surface area contributed by atoms with Crippen LogP contribution in [0.4, 0.5) is 5.69 Å². The van der Waals surface area contributed by atoms with E-state index in [1.54, 1.807) is 0 Å². The molecular weight excluding hydrogens is 402 g/mol. The number of benzene rings is 1. The Balaban J connectivity index is 1.76. The van der Waals surface area contributed by atoms with Gasteiger partial charge in [0, 0.05) is 35.5 Å². The molecule has 1 N–H and O–H groups in total. The summed E-state index contributed by atoms with van der Waals surface area (Å²) >= 11 is 9.21. The lowest BCUT2D eigenvalue weighted by atomic mass is 10.2. The first-order chi connectivity index (χ1) is 11.0. The van der Waals surface area contributed by atoms with Gasteiger partial charge in [0.1, 0.15) is 10.0 Å². The third-order valence-electron chi connectivity index (χ3n) is 3.69. The predicted octanol–water partition coefficient (Wildman–Crippen LogP) is 3.37. The molecule has 5 nitrogen and oxygen atoms in total. The van der Waals surface area contributed by atoms with Crippen molar-refractivity contribution in [3.8, 4) is 0 Å². The number of halogens is 2. The second-order valence-electron chi connectivity index (χ2n) is 5.30. The molecule has 1 fully saturated rings. The molecule has 0 radical (unpaired) electrons. The van der Waals surface area contributed by atoms with Gasteiger partial charge in [0.15, 0.2) is 0 Å². The molecule has 1 aliphatic rings. The molecule has 1 atom stereocenters. The molecule has 122 valence electrons. The molecule has 0 bridgehead atoms. The van der Waals surface area contributed by atoms with Crippen LogP contribution in [-0.2, 0) is 10.0 Å². The van der Waals surface area contributed by atoms with E-state index in [-0.39, 0.29) is 16.1 Å². The molecule has 1 saturated heterocycles. The minimum absolute atomic E-state index is 0.00679. The smallest absolute Gasteiger partial charge is 0.246 e. The summed E-state index contributed by atoms with van der Waals surface area (Å²) < 4.78 is 27.5. The van der Waals surface area contributed by atoms with E-state index in [2.05, 4.69) is 26.2 Å². The lowest BCUT2D eigenvalue weighted by Gasteiger charge is -2.18. The number of hydrogen-bond donors (Lipinski definition) is 1. The van der Waals surface area contributed by atoms with Crippen LogP contribution in [0.5, 0.6) is 0 Å². The summed E-state index contributed by atoms with van der Waals surface area (Å²) in [6, 6.07) is 11.3. The largest absolute Gasteiger partial charge is 0.381 e. The average Bonchev–Trinajstić information content (AvgIpc) is 3.00. The fourth-order valence-electron chi connectivity index (χ4n) is 2.56. The van der Waals surface area contributed by atoms with Gasteiger partial charge >= 0.3 is 0 Å².